The van der Waals surface area contributed by atoms with Gasteiger partial charge in [0.2, 0.25) is 5.91 Å². The average molecular weight is 263 g/mol. The highest BCUT2D eigenvalue weighted by Gasteiger charge is 2.45. The minimum absolute atomic E-state index is 0.00909. The molecule has 102 valence electrons. The Hall–Kier alpha value is -2.18. The topological polar surface area (TPSA) is 113 Å². The molecule has 0 aromatic carbocycles. The first-order valence-electron chi connectivity index (χ1n) is 6.20. The molecule has 0 bridgehead atoms. The minimum Gasteiger partial charge on any atom is -0.409 e. The van der Waals surface area contributed by atoms with Crippen LogP contribution in [0.25, 0.3) is 0 Å². The van der Waals surface area contributed by atoms with Crippen LogP contribution in [0.15, 0.2) is 23.7 Å². The van der Waals surface area contributed by atoms with Gasteiger partial charge in [0, 0.05) is 6.20 Å². The molecule has 19 heavy (non-hydrogen) atoms. The van der Waals surface area contributed by atoms with Gasteiger partial charge in [0.15, 0.2) is 5.84 Å². The van der Waals surface area contributed by atoms with E-state index >= 15 is 0 Å². The number of rotatable bonds is 4. The normalized spacial score (nSPS) is 18.2. The smallest absolute Gasteiger partial charge is 0.234 e. The number of amides is 1. The summed E-state index contributed by atoms with van der Waals surface area (Å²) in [5.74, 6) is -0.218. The Bertz CT molecular complexity index is 468. The summed E-state index contributed by atoms with van der Waals surface area (Å²) in [5.41, 5.74) is 5.54. The Kier molecular flexibility index (Phi) is 3.94. The SMILES string of the molecule is N/C(=N/O)C1(C(=O)NCc2ccncn2)CCCC1. The third kappa shape index (κ3) is 2.64. The lowest BCUT2D eigenvalue weighted by molar-refractivity contribution is -0.127. The van der Waals surface area contributed by atoms with E-state index in [0.29, 0.717) is 19.4 Å². The van der Waals surface area contributed by atoms with Crippen LogP contribution in [-0.4, -0.2) is 26.9 Å². The van der Waals surface area contributed by atoms with Gasteiger partial charge in [-0.25, -0.2) is 9.97 Å². The highest BCUT2D eigenvalue weighted by Crippen LogP contribution is 2.38. The van der Waals surface area contributed by atoms with Gasteiger partial charge in [-0.15, -0.1) is 0 Å². The number of amidine groups is 1. The van der Waals surface area contributed by atoms with Crippen LogP contribution in [-0.2, 0) is 11.3 Å². The first kappa shape index (κ1) is 13.3. The number of carbonyl (C=O) groups excluding carboxylic acids is 1. The molecule has 1 amide bonds. The van der Waals surface area contributed by atoms with E-state index in [2.05, 4.69) is 20.4 Å². The van der Waals surface area contributed by atoms with Crippen LogP contribution in [0.4, 0.5) is 0 Å². The predicted octanol–water partition coefficient (Wildman–Crippen LogP) is 0.400. The summed E-state index contributed by atoms with van der Waals surface area (Å²) in [5, 5.41) is 14.7. The van der Waals surface area contributed by atoms with Gasteiger partial charge in [-0.2, -0.15) is 0 Å². The number of hydrogen-bond acceptors (Lipinski definition) is 5. The Balaban J connectivity index is 2.05. The van der Waals surface area contributed by atoms with Crippen molar-refractivity contribution in [2.24, 2.45) is 16.3 Å². The Morgan fingerprint density at radius 1 is 1.53 bits per heavy atom. The molecule has 0 radical (unpaired) electrons. The molecule has 0 unspecified atom stereocenters. The van der Waals surface area contributed by atoms with Crippen LogP contribution in [0.2, 0.25) is 0 Å². The van der Waals surface area contributed by atoms with Crippen molar-refractivity contribution < 1.29 is 10.0 Å². The van der Waals surface area contributed by atoms with Gasteiger partial charge in [0.25, 0.3) is 0 Å². The Labute approximate surface area is 110 Å². The first-order valence-corrected chi connectivity index (χ1v) is 6.20. The summed E-state index contributed by atoms with van der Waals surface area (Å²) in [6.07, 6.45) is 6.06. The molecule has 1 heterocycles. The van der Waals surface area contributed by atoms with Crippen molar-refractivity contribution in [1.29, 1.82) is 0 Å². The second-order valence-electron chi connectivity index (χ2n) is 4.66. The van der Waals surface area contributed by atoms with Gasteiger partial charge in [0.05, 0.1) is 12.2 Å². The second kappa shape index (κ2) is 5.64. The second-order valence-corrected chi connectivity index (χ2v) is 4.66. The van der Waals surface area contributed by atoms with Crippen LogP contribution in [0, 0.1) is 5.41 Å². The molecule has 2 rings (SSSR count). The molecule has 1 aromatic rings. The molecule has 1 aliphatic rings. The monoisotopic (exact) mass is 263 g/mol. The standard InChI is InChI=1S/C12H17N5O2/c13-10(17-19)12(4-1-2-5-12)11(18)15-7-9-3-6-14-8-16-9/h3,6,8,19H,1-2,4-5,7H2,(H2,13,17)(H,15,18). The summed E-state index contributed by atoms with van der Waals surface area (Å²) in [4.78, 5) is 20.2. The third-order valence-electron chi connectivity index (χ3n) is 3.56. The zero-order valence-electron chi connectivity index (χ0n) is 10.5. The molecule has 1 fully saturated rings. The number of aromatic nitrogens is 2. The summed E-state index contributed by atoms with van der Waals surface area (Å²) in [6.45, 7) is 0.307. The van der Waals surface area contributed by atoms with Crippen molar-refractivity contribution in [3.63, 3.8) is 0 Å². The molecule has 0 spiro atoms. The van der Waals surface area contributed by atoms with Gasteiger partial charge in [-0.3, -0.25) is 4.79 Å². The van der Waals surface area contributed by atoms with Gasteiger partial charge in [0.1, 0.15) is 11.7 Å². The zero-order valence-corrected chi connectivity index (χ0v) is 10.5. The van der Waals surface area contributed by atoms with Crippen molar-refractivity contribution in [3.05, 3.63) is 24.3 Å². The maximum absolute atomic E-state index is 12.3. The lowest BCUT2D eigenvalue weighted by Gasteiger charge is -2.25. The van der Waals surface area contributed by atoms with E-state index in [0.717, 1.165) is 18.5 Å². The van der Waals surface area contributed by atoms with Crippen LogP contribution >= 0.6 is 0 Å². The van der Waals surface area contributed by atoms with Crippen molar-refractivity contribution >= 4 is 11.7 Å². The maximum atomic E-state index is 12.3. The molecule has 1 aromatic heterocycles. The van der Waals surface area contributed by atoms with Gasteiger partial charge >= 0.3 is 0 Å². The van der Waals surface area contributed by atoms with E-state index in [-0.39, 0.29) is 11.7 Å². The molecule has 4 N–H and O–H groups in total. The van der Waals surface area contributed by atoms with Crippen LogP contribution in [0.3, 0.4) is 0 Å². The van der Waals surface area contributed by atoms with Crippen molar-refractivity contribution in [2.45, 2.75) is 32.2 Å². The predicted molar refractivity (Wildman–Crippen MR) is 68.2 cm³/mol. The molecule has 7 heteroatoms. The number of carbonyl (C=O) groups is 1. The largest absolute Gasteiger partial charge is 0.409 e. The fraction of sp³-hybridized carbons (Fsp3) is 0.500. The molecule has 0 atom stereocenters. The molecule has 0 aliphatic heterocycles. The fourth-order valence-corrected chi connectivity index (χ4v) is 2.44. The lowest BCUT2D eigenvalue weighted by atomic mass is 9.84. The number of oxime groups is 1. The molecule has 1 saturated carbocycles. The number of nitrogens with zero attached hydrogens (tertiary/aromatic N) is 3. The van der Waals surface area contributed by atoms with E-state index in [1.807, 2.05) is 0 Å². The first-order chi connectivity index (χ1) is 9.19. The summed E-state index contributed by atoms with van der Waals surface area (Å²) in [6, 6.07) is 1.73. The fourth-order valence-electron chi connectivity index (χ4n) is 2.44. The van der Waals surface area contributed by atoms with E-state index in [4.69, 9.17) is 10.9 Å². The zero-order chi connectivity index (χ0) is 13.7. The summed E-state index contributed by atoms with van der Waals surface area (Å²) >= 11 is 0. The summed E-state index contributed by atoms with van der Waals surface area (Å²) in [7, 11) is 0. The van der Waals surface area contributed by atoms with Crippen molar-refractivity contribution in [3.8, 4) is 0 Å². The molecular formula is C12H17N5O2. The van der Waals surface area contributed by atoms with Crippen LogP contribution < -0.4 is 11.1 Å². The number of nitrogens with one attached hydrogen (secondary N) is 1. The molecule has 0 saturated heterocycles. The van der Waals surface area contributed by atoms with E-state index in [1.165, 1.54) is 6.33 Å². The van der Waals surface area contributed by atoms with E-state index < -0.39 is 5.41 Å². The highest BCUT2D eigenvalue weighted by atomic mass is 16.4. The highest BCUT2D eigenvalue weighted by molar-refractivity contribution is 6.06. The minimum atomic E-state index is -0.873. The molecule has 1 aliphatic carbocycles. The van der Waals surface area contributed by atoms with Crippen LogP contribution in [0.1, 0.15) is 31.4 Å². The van der Waals surface area contributed by atoms with Gasteiger partial charge < -0.3 is 16.3 Å². The molecule has 7 nitrogen and oxygen atoms in total. The number of nitrogens with two attached hydrogens (primary N) is 1. The Morgan fingerprint density at radius 3 is 2.84 bits per heavy atom. The third-order valence-corrected chi connectivity index (χ3v) is 3.56. The average Bonchev–Trinajstić information content (AvgIpc) is 2.96. The van der Waals surface area contributed by atoms with Gasteiger partial charge in [-0.1, -0.05) is 18.0 Å². The van der Waals surface area contributed by atoms with Crippen molar-refractivity contribution in [2.75, 3.05) is 0 Å². The van der Waals surface area contributed by atoms with Gasteiger partial charge in [-0.05, 0) is 18.9 Å². The van der Waals surface area contributed by atoms with E-state index in [1.54, 1.807) is 12.3 Å². The lowest BCUT2D eigenvalue weighted by Crippen LogP contribution is -2.48. The van der Waals surface area contributed by atoms with Crippen LogP contribution in [0.5, 0.6) is 0 Å². The van der Waals surface area contributed by atoms with E-state index in [9.17, 15) is 4.79 Å². The maximum Gasteiger partial charge on any atom is 0.234 e. The quantitative estimate of drug-likeness (QED) is 0.315. The molecular weight excluding hydrogens is 246 g/mol. The summed E-state index contributed by atoms with van der Waals surface area (Å²) < 4.78 is 0. The Morgan fingerprint density at radius 2 is 2.26 bits per heavy atom. The van der Waals surface area contributed by atoms with Crippen molar-refractivity contribution in [1.82, 2.24) is 15.3 Å². The number of hydrogen-bond donors (Lipinski definition) is 3.